The van der Waals surface area contributed by atoms with E-state index < -0.39 is 5.54 Å². The second-order valence-corrected chi connectivity index (χ2v) is 11.6. The highest BCUT2D eigenvalue weighted by molar-refractivity contribution is 6.32. The minimum atomic E-state index is -1.01. The Hall–Kier alpha value is -3.68. The van der Waals surface area contributed by atoms with Crippen molar-refractivity contribution in [3.05, 3.63) is 88.7 Å². The molecule has 210 valence electrons. The SMILES string of the molecule is Cc1cccn2cc(-c3ccc(C[C@@H](CNC(=O)C(C)(C)N)CC(=O)c4ccc(OC(C)C)c(Cl)c4)cc3)nc12. The quantitative estimate of drug-likeness (QED) is 0.218. The molecule has 7 nitrogen and oxygen atoms in total. The first-order valence-electron chi connectivity index (χ1n) is 13.5. The highest BCUT2D eigenvalue weighted by atomic mass is 35.5. The molecule has 0 aliphatic carbocycles. The summed E-state index contributed by atoms with van der Waals surface area (Å²) in [5.41, 5.74) is 10.5. The van der Waals surface area contributed by atoms with Crippen LogP contribution >= 0.6 is 11.6 Å². The Balaban J connectivity index is 1.51. The standard InChI is InChI=1S/C32H37ClN4O3/c1-20(2)40-29-13-12-25(17-26(29)33)28(38)16-23(18-35-31(39)32(4,5)34)15-22-8-10-24(11-9-22)27-19-37-14-6-7-21(3)30(37)36-27/h6-14,17,19-20,23H,15-16,18,34H2,1-5H3,(H,35,39)/t23-/m1/s1. The van der Waals surface area contributed by atoms with E-state index in [0.717, 1.165) is 28.0 Å². The Morgan fingerprint density at radius 1 is 1.12 bits per heavy atom. The average Bonchev–Trinajstić information content (AvgIpc) is 3.33. The van der Waals surface area contributed by atoms with Crippen molar-refractivity contribution in [2.24, 2.45) is 11.7 Å². The number of hydrogen-bond acceptors (Lipinski definition) is 5. The minimum absolute atomic E-state index is 0.0259. The maximum absolute atomic E-state index is 13.3. The zero-order chi connectivity index (χ0) is 29.0. The predicted octanol–water partition coefficient (Wildman–Crippen LogP) is 6.04. The summed E-state index contributed by atoms with van der Waals surface area (Å²) in [6.45, 7) is 9.52. The van der Waals surface area contributed by atoms with Gasteiger partial charge in [-0.25, -0.2) is 4.98 Å². The Labute approximate surface area is 240 Å². The summed E-state index contributed by atoms with van der Waals surface area (Å²) in [6, 6.07) is 17.3. The fourth-order valence-electron chi connectivity index (χ4n) is 4.52. The summed E-state index contributed by atoms with van der Waals surface area (Å²) >= 11 is 6.38. The number of carbonyl (C=O) groups is 2. The van der Waals surface area contributed by atoms with Gasteiger partial charge in [-0.1, -0.05) is 41.9 Å². The van der Waals surface area contributed by atoms with Gasteiger partial charge in [0, 0.05) is 36.5 Å². The first-order valence-corrected chi connectivity index (χ1v) is 13.9. The number of nitrogens with two attached hydrogens (primary N) is 1. The molecule has 0 saturated carbocycles. The monoisotopic (exact) mass is 560 g/mol. The van der Waals surface area contributed by atoms with E-state index in [1.807, 2.05) is 74.0 Å². The van der Waals surface area contributed by atoms with Gasteiger partial charge in [0.15, 0.2) is 5.78 Å². The molecule has 2 aromatic carbocycles. The molecule has 4 rings (SSSR count). The number of amides is 1. The van der Waals surface area contributed by atoms with Crippen molar-refractivity contribution in [3.63, 3.8) is 0 Å². The third-order valence-electron chi connectivity index (χ3n) is 6.68. The summed E-state index contributed by atoms with van der Waals surface area (Å²) in [6.07, 6.45) is 4.82. The summed E-state index contributed by atoms with van der Waals surface area (Å²) in [4.78, 5) is 30.5. The second kappa shape index (κ2) is 12.2. The molecular formula is C32H37ClN4O3. The summed E-state index contributed by atoms with van der Waals surface area (Å²) in [5.74, 6) is 0.0811. The lowest BCUT2D eigenvalue weighted by Gasteiger charge is -2.22. The van der Waals surface area contributed by atoms with Crippen LogP contribution in [0.5, 0.6) is 5.75 Å². The van der Waals surface area contributed by atoms with Crippen molar-refractivity contribution >= 4 is 28.9 Å². The maximum Gasteiger partial charge on any atom is 0.239 e. The van der Waals surface area contributed by atoms with Crippen LogP contribution < -0.4 is 15.8 Å². The van der Waals surface area contributed by atoms with Gasteiger partial charge in [0.1, 0.15) is 11.4 Å². The smallest absolute Gasteiger partial charge is 0.239 e. The van der Waals surface area contributed by atoms with Crippen molar-refractivity contribution in [2.75, 3.05) is 6.54 Å². The van der Waals surface area contributed by atoms with Gasteiger partial charge in [0.25, 0.3) is 0 Å². The van der Waals surface area contributed by atoms with Gasteiger partial charge in [-0.15, -0.1) is 0 Å². The Kier molecular flexibility index (Phi) is 8.96. The third-order valence-corrected chi connectivity index (χ3v) is 6.97. The van der Waals surface area contributed by atoms with Gasteiger partial charge in [-0.3, -0.25) is 9.59 Å². The summed E-state index contributed by atoms with van der Waals surface area (Å²) in [7, 11) is 0. The van der Waals surface area contributed by atoms with Crippen LogP contribution in [-0.2, 0) is 11.2 Å². The molecule has 4 aromatic rings. The van der Waals surface area contributed by atoms with Gasteiger partial charge in [-0.05, 0) is 82.3 Å². The van der Waals surface area contributed by atoms with Gasteiger partial charge < -0.3 is 20.2 Å². The molecule has 0 saturated heterocycles. The van der Waals surface area contributed by atoms with Crippen LogP contribution in [0.25, 0.3) is 16.9 Å². The number of carbonyl (C=O) groups excluding carboxylic acids is 2. The third kappa shape index (κ3) is 7.29. The highest BCUT2D eigenvalue weighted by Crippen LogP contribution is 2.28. The van der Waals surface area contributed by atoms with Crippen LogP contribution in [0.1, 0.15) is 55.6 Å². The number of nitrogens with zero attached hydrogens (tertiary/aromatic N) is 2. The minimum Gasteiger partial charge on any atom is -0.489 e. The van der Waals surface area contributed by atoms with Crippen molar-refractivity contribution in [1.29, 1.82) is 0 Å². The van der Waals surface area contributed by atoms with E-state index in [1.165, 1.54) is 0 Å². The number of aryl methyl sites for hydroxylation is 1. The molecule has 0 unspecified atom stereocenters. The largest absolute Gasteiger partial charge is 0.489 e. The van der Waals surface area contributed by atoms with E-state index in [-0.39, 0.29) is 30.1 Å². The first kappa shape index (κ1) is 29.3. The van der Waals surface area contributed by atoms with Crippen LogP contribution in [0.3, 0.4) is 0 Å². The molecule has 1 atom stereocenters. The molecule has 0 fully saturated rings. The zero-order valence-corrected chi connectivity index (χ0v) is 24.5. The predicted molar refractivity (Wildman–Crippen MR) is 160 cm³/mol. The summed E-state index contributed by atoms with van der Waals surface area (Å²) in [5, 5.41) is 3.32. The van der Waals surface area contributed by atoms with Crippen molar-refractivity contribution in [3.8, 4) is 17.0 Å². The number of ether oxygens (including phenoxy) is 1. The van der Waals surface area contributed by atoms with E-state index in [0.29, 0.717) is 29.3 Å². The number of hydrogen-bond donors (Lipinski definition) is 2. The number of halogens is 1. The number of benzene rings is 2. The van der Waals surface area contributed by atoms with Crippen molar-refractivity contribution < 1.29 is 14.3 Å². The lowest BCUT2D eigenvalue weighted by atomic mass is 9.91. The van der Waals surface area contributed by atoms with Crippen LogP contribution in [0.15, 0.2) is 67.0 Å². The maximum atomic E-state index is 13.3. The molecule has 1 amide bonds. The number of aromatic nitrogens is 2. The molecule has 40 heavy (non-hydrogen) atoms. The Morgan fingerprint density at radius 3 is 2.48 bits per heavy atom. The van der Waals surface area contributed by atoms with Gasteiger partial charge in [-0.2, -0.15) is 0 Å². The van der Waals surface area contributed by atoms with E-state index in [2.05, 4.69) is 5.32 Å². The van der Waals surface area contributed by atoms with E-state index in [9.17, 15) is 9.59 Å². The molecule has 0 aliphatic heterocycles. The molecule has 0 spiro atoms. The molecule has 2 heterocycles. The normalized spacial score (nSPS) is 12.5. The van der Waals surface area contributed by atoms with Crippen LogP contribution in [0.2, 0.25) is 5.02 Å². The first-order chi connectivity index (χ1) is 18.9. The zero-order valence-electron chi connectivity index (χ0n) is 23.7. The van der Waals surface area contributed by atoms with Crippen LogP contribution in [-0.4, -0.2) is 39.3 Å². The van der Waals surface area contributed by atoms with Gasteiger partial charge in [0.2, 0.25) is 5.91 Å². The van der Waals surface area contributed by atoms with E-state index in [4.69, 9.17) is 27.1 Å². The molecule has 2 aromatic heterocycles. The Morgan fingerprint density at radius 2 is 1.85 bits per heavy atom. The van der Waals surface area contributed by atoms with Crippen LogP contribution in [0.4, 0.5) is 0 Å². The highest BCUT2D eigenvalue weighted by Gasteiger charge is 2.24. The number of Topliss-reactive ketones (excluding diaryl/α,β-unsaturated/α-hetero) is 1. The lowest BCUT2D eigenvalue weighted by molar-refractivity contribution is -0.125. The van der Waals surface area contributed by atoms with Gasteiger partial charge in [0.05, 0.1) is 22.4 Å². The van der Waals surface area contributed by atoms with E-state index >= 15 is 0 Å². The molecule has 3 N–H and O–H groups in total. The van der Waals surface area contributed by atoms with Crippen LogP contribution in [0, 0.1) is 12.8 Å². The second-order valence-electron chi connectivity index (χ2n) is 11.2. The number of imidazole rings is 1. The topological polar surface area (TPSA) is 98.7 Å². The lowest BCUT2D eigenvalue weighted by Crippen LogP contribution is -2.50. The molecular weight excluding hydrogens is 524 g/mol. The molecule has 8 heteroatoms. The number of pyridine rings is 1. The molecule has 0 bridgehead atoms. The van der Waals surface area contributed by atoms with Crippen molar-refractivity contribution in [2.45, 2.75) is 59.1 Å². The summed E-state index contributed by atoms with van der Waals surface area (Å²) < 4.78 is 7.72. The number of nitrogens with one attached hydrogen (secondary N) is 1. The van der Waals surface area contributed by atoms with Crippen molar-refractivity contribution in [1.82, 2.24) is 14.7 Å². The molecule has 0 aliphatic rings. The number of rotatable bonds is 11. The van der Waals surface area contributed by atoms with Gasteiger partial charge >= 0.3 is 0 Å². The fraction of sp³-hybridized carbons (Fsp3) is 0.344. The molecule has 0 radical (unpaired) electrons. The average molecular weight is 561 g/mol. The fourth-order valence-corrected chi connectivity index (χ4v) is 4.75. The Bertz CT molecular complexity index is 1500. The number of fused-ring (bicyclic) bond motifs is 1. The number of ketones is 1. The van der Waals surface area contributed by atoms with E-state index in [1.54, 1.807) is 32.0 Å².